The number of nitrogens with zero attached hydrogens (tertiary/aromatic N) is 2. The fourth-order valence-corrected chi connectivity index (χ4v) is 2.34. The maximum absolute atomic E-state index is 13.7. The number of rotatable bonds is 4. The van der Waals surface area contributed by atoms with Crippen molar-refractivity contribution in [3.05, 3.63) is 60.2 Å². The normalized spacial score (nSPS) is 10.8. The molecule has 0 spiro atoms. The monoisotopic (exact) mass is 297 g/mol. The van der Waals surface area contributed by atoms with Gasteiger partial charge in [0, 0.05) is 13.0 Å². The first-order chi connectivity index (χ1) is 10.6. The van der Waals surface area contributed by atoms with Gasteiger partial charge in [-0.3, -0.25) is 4.79 Å². The zero-order chi connectivity index (χ0) is 15.5. The first kappa shape index (κ1) is 14.3. The Morgan fingerprint density at radius 1 is 1.27 bits per heavy atom. The van der Waals surface area contributed by atoms with E-state index in [0.717, 1.165) is 16.6 Å². The van der Waals surface area contributed by atoms with Crippen molar-refractivity contribution in [2.75, 3.05) is 5.32 Å². The molecule has 0 unspecified atom stereocenters. The third-order valence-corrected chi connectivity index (χ3v) is 3.51. The van der Waals surface area contributed by atoms with Crippen molar-refractivity contribution in [2.45, 2.75) is 19.9 Å². The standard InChI is InChI=1S/C17H16FN3O/c1-12-6-7-14(13(18)10-12)20-17(22)8-9-21-11-19-15-4-2-3-5-16(15)21/h2-7,10-11H,8-9H2,1H3,(H,20,22). The third kappa shape index (κ3) is 2.98. The van der Waals surface area contributed by atoms with Crippen molar-refractivity contribution in [3.8, 4) is 0 Å². The van der Waals surface area contributed by atoms with E-state index in [2.05, 4.69) is 10.3 Å². The SMILES string of the molecule is Cc1ccc(NC(=O)CCn2cnc3ccccc32)c(F)c1. The van der Waals surface area contributed by atoms with Gasteiger partial charge in [-0.25, -0.2) is 9.37 Å². The van der Waals surface area contributed by atoms with Crippen LogP contribution in [0.3, 0.4) is 0 Å². The predicted octanol–water partition coefficient (Wildman–Crippen LogP) is 3.51. The lowest BCUT2D eigenvalue weighted by molar-refractivity contribution is -0.116. The smallest absolute Gasteiger partial charge is 0.226 e. The van der Waals surface area contributed by atoms with Crippen LogP contribution in [0, 0.1) is 12.7 Å². The molecule has 112 valence electrons. The molecule has 0 saturated carbocycles. The first-order valence-electron chi connectivity index (χ1n) is 7.09. The van der Waals surface area contributed by atoms with Gasteiger partial charge < -0.3 is 9.88 Å². The molecule has 22 heavy (non-hydrogen) atoms. The molecule has 1 N–H and O–H groups in total. The topological polar surface area (TPSA) is 46.9 Å². The van der Waals surface area contributed by atoms with Crippen molar-refractivity contribution in [2.24, 2.45) is 0 Å². The maximum Gasteiger partial charge on any atom is 0.226 e. The highest BCUT2D eigenvalue weighted by Crippen LogP contribution is 2.16. The second kappa shape index (κ2) is 5.97. The quantitative estimate of drug-likeness (QED) is 0.801. The fourth-order valence-electron chi connectivity index (χ4n) is 2.34. The van der Waals surface area contributed by atoms with Gasteiger partial charge in [0.15, 0.2) is 0 Å². The largest absolute Gasteiger partial charge is 0.330 e. The average Bonchev–Trinajstić information content (AvgIpc) is 2.91. The highest BCUT2D eigenvalue weighted by Gasteiger charge is 2.08. The summed E-state index contributed by atoms with van der Waals surface area (Å²) in [5.74, 6) is -0.637. The predicted molar refractivity (Wildman–Crippen MR) is 84.1 cm³/mol. The molecule has 0 saturated heterocycles. The van der Waals surface area contributed by atoms with E-state index in [0.29, 0.717) is 6.54 Å². The number of carbonyl (C=O) groups excluding carboxylic acids is 1. The molecule has 5 heteroatoms. The fraction of sp³-hybridized carbons (Fsp3) is 0.176. The first-order valence-corrected chi connectivity index (χ1v) is 7.09. The number of hydrogen-bond donors (Lipinski definition) is 1. The van der Waals surface area contributed by atoms with Crippen molar-refractivity contribution in [1.29, 1.82) is 0 Å². The lowest BCUT2D eigenvalue weighted by Crippen LogP contribution is -2.15. The number of para-hydroxylation sites is 2. The Kier molecular flexibility index (Phi) is 3.87. The molecule has 0 aliphatic rings. The van der Waals surface area contributed by atoms with Crippen LogP contribution in [-0.4, -0.2) is 15.5 Å². The van der Waals surface area contributed by atoms with Gasteiger partial charge in [0.05, 0.1) is 23.0 Å². The van der Waals surface area contributed by atoms with Gasteiger partial charge in [0.1, 0.15) is 5.82 Å². The zero-order valence-electron chi connectivity index (χ0n) is 12.2. The van der Waals surface area contributed by atoms with Crippen LogP contribution in [-0.2, 0) is 11.3 Å². The molecule has 0 bridgehead atoms. The number of nitrogens with one attached hydrogen (secondary N) is 1. The molecular weight excluding hydrogens is 281 g/mol. The van der Waals surface area contributed by atoms with E-state index in [1.54, 1.807) is 25.4 Å². The van der Waals surface area contributed by atoms with Crippen LogP contribution in [0.2, 0.25) is 0 Å². The van der Waals surface area contributed by atoms with E-state index in [4.69, 9.17) is 0 Å². The summed E-state index contributed by atoms with van der Waals surface area (Å²) in [5, 5.41) is 2.60. The molecule has 0 fully saturated rings. The van der Waals surface area contributed by atoms with E-state index in [1.165, 1.54) is 6.07 Å². The number of halogens is 1. The molecule has 1 aromatic heterocycles. The van der Waals surface area contributed by atoms with Crippen LogP contribution in [0.5, 0.6) is 0 Å². The van der Waals surface area contributed by atoms with Gasteiger partial charge >= 0.3 is 0 Å². The summed E-state index contributed by atoms with van der Waals surface area (Å²) in [7, 11) is 0. The zero-order valence-corrected chi connectivity index (χ0v) is 12.2. The van der Waals surface area contributed by atoms with Gasteiger partial charge in [0.2, 0.25) is 5.91 Å². The summed E-state index contributed by atoms with van der Waals surface area (Å²) >= 11 is 0. The Balaban J connectivity index is 1.65. The number of fused-ring (bicyclic) bond motifs is 1. The minimum atomic E-state index is -0.415. The van der Waals surface area contributed by atoms with Crippen molar-refractivity contribution in [1.82, 2.24) is 9.55 Å². The Bertz CT molecular complexity index is 826. The molecule has 0 radical (unpaired) electrons. The summed E-state index contributed by atoms with van der Waals surface area (Å²) in [6.07, 6.45) is 1.97. The van der Waals surface area contributed by atoms with Gasteiger partial charge in [0.25, 0.3) is 0 Å². The third-order valence-electron chi connectivity index (χ3n) is 3.51. The number of anilines is 1. The molecule has 0 aliphatic heterocycles. The molecule has 0 aliphatic carbocycles. The minimum absolute atomic E-state index is 0.214. The second-order valence-electron chi connectivity index (χ2n) is 5.21. The molecule has 1 heterocycles. The Morgan fingerprint density at radius 3 is 2.91 bits per heavy atom. The van der Waals surface area contributed by atoms with Crippen molar-refractivity contribution >= 4 is 22.6 Å². The number of hydrogen-bond acceptors (Lipinski definition) is 2. The van der Waals surface area contributed by atoms with E-state index in [9.17, 15) is 9.18 Å². The Morgan fingerprint density at radius 2 is 2.09 bits per heavy atom. The average molecular weight is 297 g/mol. The number of imidazole rings is 1. The summed E-state index contributed by atoms with van der Waals surface area (Å²) in [6, 6.07) is 12.5. The number of aromatic nitrogens is 2. The molecule has 3 aromatic rings. The minimum Gasteiger partial charge on any atom is -0.330 e. The molecule has 4 nitrogen and oxygen atoms in total. The van der Waals surface area contributed by atoms with E-state index in [-0.39, 0.29) is 18.0 Å². The van der Waals surface area contributed by atoms with Crippen LogP contribution in [0.4, 0.5) is 10.1 Å². The van der Waals surface area contributed by atoms with Crippen LogP contribution >= 0.6 is 0 Å². The lowest BCUT2D eigenvalue weighted by Gasteiger charge is -2.08. The van der Waals surface area contributed by atoms with Crippen LogP contribution in [0.25, 0.3) is 11.0 Å². The molecule has 1 amide bonds. The molecule has 2 aromatic carbocycles. The summed E-state index contributed by atoms with van der Waals surface area (Å²) in [5.41, 5.74) is 2.91. The van der Waals surface area contributed by atoms with E-state index in [1.807, 2.05) is 28.8 Å². The van der Waals surface area contributed by atoms with Gasteiger partial charge in [-0.2, -0.15) is 0 Å². The molecule has 0 atom stereocenters. The van der Waals surface area contributed by atoms with Crippen molar-refractivity contribution < 1.29 is 9.18 Å². The van der Waals surface area contributed by atoms with Gasteiger partial charge in [-0.05, 0) is 36.8 Å². The maximum atomic E-state index is 13.7. The highest BCUT2D eigenvalue weighted by atomic mass is 19.1. The van der Waals surface area contributed by atoms with Crippen molar-refractivity contribution in [3.63, 3.8) is 0 Å². The number of amides is 1. The summed E-state index contributed by atoms with van der Waals surface area (Å²) in [6.45, 7) is 2.30. The Hall–Kier alpha value is -2.69. The lowest BCUT2D eigenvalue weighted by atomic mass is 10.2. The van der Waals surface area contributed by atoms with Crippen LogP contribution < -0.4 is 5.32 Å². The highest BCUT2D eigenvalue weighted by molar-refractivity contribution is 5.90. The number of benzene rings is 2. The Labute approximate surface area is 127 Å². The second-order valence-corrected chi connectivity index (χ2v) is 5.21. The summed E-state index contributed by atoms with van der Waals surface area (Å²) < 4.78 is 15.6. The van der Waals surface area contributed by atoms with Crippen LogP contribution in [0.1, 0.15) is 12.0 Å². The van der Waals surface area contributed by atoms with E-state index < -0.39 is 5.82 Å². The van der Waals surface area contributed by atoms with Gasteiger partial charge in [-0.15, -0.1) is 0 Å². The molecular formula is C17H16FN3O. The number of aryl methyl sites for hydroxylation is 2. The number of carbonyl (C=O) groups is 1. The van der Waals surface area contributed by atoms with E-state index >= 15 is 0 Å². The summed E-state index contributed by atoms with van der Waals surface area (Å²) in [4.78, 5) is 16.2. The van der Waals surface area contributed by atoms with Crippen LogP contribution in [0.15, 0.2) is 48.8 Å². The molecule has 3 rings (SSSR count). The van der Waals surface area contributed by atoms with Gasteiger partial charge in [-0.1, -0.05) is 18.2 Å².